The van der Waals surface area contributed by atoms with Crippen LogP contribution in [0.2, 0.25) is 0 Å². The number of benzene rings is 1. The minimum absolute atomic E-state index is 0.0587. The Bertz CT molecular complexity index is 395. The van der Waals surface area contributed by atoms with E-state index in [0.29, 0.717) is 17.9 Å². The van der Waals surface area contributed by atoms with Crippen LogP contribution in [0.4, 0.5) is 14.5 Å². The van der Waals surface area contributed by atoms with Crippen LogP contribution in [-0.2, 0) is 4.79 Å². The molecule has 1 N–H and O–H groups in total. The number of carbonyl (C=O) groups excluding carboxylic acids is 1. The van der Waals surface area contributed by atoms with Crippen molar-refractivity contribution in [3.05, 3.63) is 23.8 Å². The number of alkyl halides is 2. The van der Waals surface area contributed by atoms with Gasteiger partial charge in [0.15, 0.2) is 0 Å². The van der Waals surface area contributed by atoms with E-state index in [1.54, 1.807) is 6.07 Å². The van der Waals surface area contributed by atoms with Gasteiger partial charge in [0.05, 0.1) is 5.69 Å². The summed E-state index contributed by atoms with van der Waals surface area (Å²) in [7, 11) is 0. The zero-order valence-electron chi connectivity index (χ0n) is 7.80. The van der Waals surface area contributed by atoms with E-state index >= 15 is 0 Å². The van der Waals surface area contributed by atoms with Gasteiger partial charge in [0.1, 0.15) is 0 Å². The van der Waals surface area contributed by atoms with Gasteiger partial charge in [-0.15, -0.1) is 11.8 Å². The van der Waals surface area contributed by atoms with E-state index in [1.807, 2.05) is 0 Å². The van der Waals surface area contributed by atoms with Crippen LogP contribution in [0.5, 0.6) is 0 Å². The normalized spacial score (nSPS) is 15.8. The molecule has 1 aliphatic rings. The number of carbonyl (C=O) groups is 1. The molecule has 1 amide bonds. The summed E-state index contributed by atoms with van der Waals surface area (Å²) < 4.78 is 24.8. The van der Waals surface area contributed by atoms with Crippen molar-refractivity contribution in [1.29, 1.82) is 0 Å². The number of hydrogen-bond acceptors (Lipinski definition) is 2. The van der Waals surface area contributed by atoms with Gasteiger partial charge in [-0.2, -0.15) is 0 Å². The lowest BCUT2D eigenvalue weighted by Crippen LogP contribution is -2.10. The maximum Gasteiger partial charge on any atom is 0.263 e. The minimum atomic E-state index is -2.50. The zero-order chi connectivity index (χ0) is 10.8. The first-order valence-electron chi connectivity index (χ1n) is 4.51. The number of nitrogens with one attached hydrogen (secondary N) is 1. The Morgan fingerprint density at radius 1 is 1.40 bits per heavy atom. The van der Waals surface area contributed by atoms with Gasteiger partial charge in [0, 0.05) is 22.6 Å². The van der Waals surface area contributed by atoms with Gasteiger partial charge >= 0.3 is 0 Å². The van der Waals surface area contributed by atoms with Crippen molar-refractivity contribution in [2.75, 3.05) is 11.1 Å². The predicted octanol–water partition coefficient (Wildman–Crippen LogP) is 3.06. The fourth-order valence-electron chi connectivity index (χ4n) is 1.37. The minimum Gasteiger partial charge on any atom is -0.325 e. The Labute approximate surface area is 90.1 Å². The molecule has 0 unspecified atom stereocenters. The van der Waals surface area contributed by atoms with Gasteiger partial charge in [-0.05, 0) is 12.1 Å². The maximum atomic E-state index is 12.4. The van der Waals surface area contributed by atoms with Gasteiger partial charge in [-0.1, -0.05) is 6.07 Å². The molecule has 0 spiro atoms. The monoisotopic (exact) mass is 229 g/mol. The Kier molecular flexibility index (Phi) is 2.90. The second kappa shape index (κ2) is 4.18. The molecule has 1 aromatic carbocycles. The first-order chi connectivity index (χ1) is 7.16. The van der Waals surface area contributed by atoms with Crippen molar-refractivity contribution in [1.82, 2.24) is 0 Å². The Hall–Kier alpha value is -1.10. The Morgan fingerprint density at radius 2 is 2.20 bits per heavy atom. The number of amides is 1. The highest BCUT2D eigenvalue weighted by molar-refractivity contribution is 7.99. The molecule has 0 aliphatic carbocycles. The van der Waals surface area contributed by atoms with E-state index in [9.17, 15) is 13.6 Å². The van der Waals surface area contributed by atoms with Crippen LogP contribution >= 0.6 is 11.8 Å². The summed E-state index contributed by atoms with van der Waals surface area (Å²) in [5.74, 6) is 0.569. The molecule has 0 fully saturated rings. The van der Waals surface area contributed by atoms with Crippen molar-refractivity contribution in [2.24, 2.45) is 0 Å². The Balaban J connectivity index is 2.37. The quantitative estimate of drug-likeness (QED) is 0.801. The topological polar surface area (TPSA) is 29.1 Å². The van der Waals surface area contributed by atoms with Gasteiger partial charge in [0.2, 0.25) is 5.91 Å². The average Bonchev–Trinajstić information content (AvgIpc) is 2.37. The summed E-state index contributed by atoms with van der Waals surface area (Å²) in [6.45, 7) is 0. The molecule has 0 saturated heterocycles. The summed E-state index contributed by atoms with van der Waals surface area (Å²) in [5, 5.41) is 2.62. The lowest BCUT2D eigenvalue weighted by Gasteiger charge is -2.08. The zero-order valence-corrected chi connectivity index (χ0v) is 8.61. The van der Waals surface area contributed by atoms with Gasteiger partial charge in [-0.3, -0.25) is 4.79 Å². The molecule has 0 bridgehead atoms. The second-order valence-corrected chi connectivity index (χ2v) is 4.34. The second-order valence-electron chi connectivity index (χ2n) is 3.20. The van der Waals surface area contributed by atoms with Crippen LogP contribution < -0.4 is 5.32 Å². The third kappa shape index (κ3) is 2.28. The van der Waals surface area contributed by atoms with E-state index in [1.165, 1.54) is 23.9 Å². The molecule has 0 aromatic heterocycles. The Morgan fingerprint density at radius 3 is 2.93 bits per heavy atom. The molecular weight excluding hydrogens is 220 g/mol. The number of rotatable bonds is 1. The molecule has 0 radical (unpaired) electrons. The maximum absolute atomic E-state index is 12.4. The van der Waals surface area contributed by atoms with Crippen LogP contribution in [0.25, 0.3) is 0 Å². The molecule has 1 aliphatic heterocycles. The molecule has 2 rings (SSSR count). The number of fused-ring (bicyclic) bond motifs is 1. The van der Waals surface area contributed by atoms with Crippen molar-refractivity contribution in [3.63, 3.8) is 0 Å². The number of anilines is 1. The van der Waals surface area contributed by atoms with Crippen LogP contribution in [0.3, 0.4) is 0 Å². The first-order valence-corrected chi connectivity index (χ1v) is 5.50. The summed E-state index contributed by atoms with van der Waals surface area (Å²) in [4.78, 5) is 12.1. The van der Waals surface area contributed by atoms with Gasteiger partial charge in [0.25, 0.3) is 6.43 Å². The highest BCUT2D eigenvalue weighted by Crippen LogP contribution is 2.33. The van der Waals surface area contributed by atoms with Crippen LogP contribution in [0, 0.1) is 0 Å². The van der Waals surface area contributed by atoms with Crippen LogP contribution in [0.1, 0.15) is 18.4 Å². The third-order valence-corrected chi connectivity index (χ3v) is 3.19. The molecule has 15 heavy (non-hydrogen) atoms. The lowest BCUT2D eigenvalue weighted by molar-refractivity contribution is -0.115. The largest absolute Gasteiger partial charge is 0.325 e. The fourth-order valence-corrected chi connectivity index (χ4v) is 2.31. The molecule has 80 valence electrons. The molecule has 5 heteroatoms. The van der Waals surface area contributed by atoms with Crippen molar-refractivity contribution in [2.45, 2.75) is 17.7 Å². The van der Waals surface area contributed by atoms with Crippen molar-refractivity contribution >= 4 is 23.4 Å². The first kappa shape index (κ1) is 10.4. The predicted molar refractivity (Wildman–Crippen MR) is 55.4 cm³/mol. The smallest absolute Gasteiger partial charge is 0.263 e. The SMILES string of the molecule is O=C1CCSc2ccc(C(F)F)cc2N1. The number of halogens is 2. The third-order valence-electron chi connectivity index (χ3n) is 2.12. The average molecular weight is 229 g/mol. The lowest BCUT2D eigenvalue weighted by atomic mass is 10.2. The van der Waals surface area contributed by atoms with Crippen LogP contribution in [0.15, 0.2) is 23.1 Å². The fraction of sp³-hybridized carbons (Fsp3) is 0.300. The van der Waals surface area contributed by atoms with E-state index in [2.05, 4.69) is 5.32 Å². The van der Waals surface area contributed by atoms with E-state index in [0.717, 1.165) is 4.90 Å². The van der Waals surface area contributed by atoms with E-state index in [4.69, 9.17) is 0 Å². The highest BCUT2D eigenvalue weighted by atomic mass is 32.2. The van der Waals surface area contributed by atoms with Gasteiger partial charge < -0.3 is 5.32 Å². The summed E-state index contributed by atoms with van der Waals surface area (Å²) in [6, 6.07) is 4.37. The number of hydrogen-bond donors (Lipinski definition) is 1. The van der Waals surface area contributed by atoms with E-state index in [-0.39, 0.29) is 11.5 Å². The summed E-state index contributed by atoms with van der Waals surface area (Å²) >= 11 is 1.51. The number of thioether (sulfide) groups is 1. The van der Waals surface area contributed by atoms with Crippen molar-refractivity contribution < 1.29 is 13.6 Å². The summed E-state index contributed by atoms with van der Waals surface area (Å²) in [6.07, 6.45) is -2.08. The molecule has 0 atom stereocenters. The standard InChI is InChI=1S/C10H9F2NOS/c11-10(12)6-1-2-8-7(5-6)13-9(14)3-4-15-8/h1-2,5,10H,3-4H2,(H,13,14). The summed E-state index contributed by atoms with van der Waals surface area (Å²) in [5.41, 5.74) is 0.442. The van der Waals surface area contributed by atoms with Gasteiger partial charge in [-0.25, -0.2) is 8.78 Å². The molecule has 0 saturated carbocycles. The molecule has 1 aromatic rings. The van der Waals surface area contributed by atoms with Crippen molar-refractivity contribution in [3.8, 4) is 0 Å². The highest BCUT2D eigenvalue weighted by Gasteiger charge is 2.15. The van der Waals surface area contributed by atoms with Crippen LogP contribution in [-0.4, -0.2) is 11.7 Å². The van der Waals surface area contributed by atoms with E-state index < -0.39 is 6.43 Å². The molecule has 1 heterocycles. The molecular formula is C10H9F2NOS. The molecule has 2 nitrogen and oxygen atoms in total.